The van der Waals surface area contributed by atoms with E-state index in [9.17, 15) is 22.8 Å². The van der Waals surface area contributed by atoms with Gasteiger partial charge in [-0.15, -0.1) is 0 Å². The van der Waals surface area contributed by atoms with Crippen molar-refractivity contribution >= 4 is 10.9 Å². The van der Waals surface area contributed by atoms with E-state index in [1.165, 1.54) is 0 Å². The fourth-order valence-corrected chi connectivity index (χ4v) is 2.73. The minimum atomic E-state index is -4.53. The van der Waals surface area contributed by atoms with Gasteiger partial charge in [0.05, 0.1) is 16.5 Å². The van der Waals surface area contributed by atoms with E-state index in [1.54, 1.807) is 0 Å². The van der Waals surface area contributed by atoms with Gasteiger partial charge in [-0.3, -0.25) is 9.36 Å². The van der Waals surface area contributed by atoms with Crippen LogP contribution in [0.1, 0.15) is 18.4 Å². The van der Waals surface area contributed by atoms with Gasteiger partial charge in [-0.25, -0.2) is 4.79 Å². The predicted octanol–water partition coefficient (Wildman–Crippen LogP) is 1.46. The number of nitrogens with zero attached hydrogens (tertiary/aromatic N) is 1. The highest BCUT2D eigenvalue weighted by Crippen LogP contribution is 2.30. The van der Waals surface area contributed by atoms with Gasteiger partial charge in [0, 0.05) is 12.6 Å². The van der Waals surface area contributed by atoms with Crippen LogP contribution >= 0.6 is 0 Å². The van der Waals surface area contributed by atoms with Gasteiger partial charge in [0.25, 0.3) is 5.56 Å². The van der Waals surface area contributed by atoms with E-state index in [2.05, 4.69) is 10.3 Å². The molecule has 1 aliphatic rings. The molecule has 1 saturated heterocycles. The Hall–Kier alpha value is -2.09. The van der Waals surface area contributed by atoms with E-state index >= 15 is 0 Å². The first-order valence-electron chi connectivity index (χ1n) is 6.94. The molecule has 22 heavy (non-hydrogen) atoms. The number of nitrogens with one attached hydrogen (secondary N) is 2. The number of benzene rings is 1. The van der Waals surface area contributed by atoms with Gasteiger partial charge < -0.3 is 10.3 Å². The van der Waals surface area contributed by atoms with Crippen LogP contribution in [0.2, 0.25) is 0 Å². The van der Waals surface area contributed by atoms with Crippen molar-refractivity contribution in [2.24, 2.45) is 0 Å². The maximum absolute atomic E-state index is 12.8. The van der Waals surface area contributed by atoms with Crippen molar-refractivity contribution in [3.05, 3.63) is 44.6 Å². The second kappa shape index (κ2) is 5.28. The number of fused-ring (bicyclic) bond motifs is 1. The molecule has 2 aromatic rings. The van der Waals surface area contributed by atoms with Crippen LogP contribution in [0.15, 0.2) is 27.8 Å². The molecule has 0 saturated carbocycles. The molecule has 0 spiro atoms. The maximum Gasteiger partial charge on any atom is 0.416 e. The van der Waals surface area contributed by atoms with E-state index in [1.807, 2.05) is 0 Å². The predicted molar refractivity (Wildman–Crippen MR) is 74.9 cm³/mol. The van der Waals surface area contributed by atoms with Gasteiger partial charge in [-0.2, -0.15) is 13.2 Å². The molecule has 118 valence electrons. The minimum absolute atomic E-state index is 0.0120. The van der Waals surface area contributed by atoms with Gasteiger partial charge >= 0.3 is 11.9 Å². The average molecular weight is 313 g/mol. The normalized spacial score (nSPS) is 19.0. The van der Waals surface area contributed by atoms with Crippen molar-refractivity contribution in [3.8, 4) is 0 Å². The Labute approximate surface area is 122 Å². The molecule has 0 bridgehead atoms. The summed E-state index contributed by atoms with van der Waals surface area (Å²) >= 11 is 0. The molecule has 3 rings (SSSR count). The summed E-state index contributed by atoms with van der Waals surface area (Å²) in [6.45, 7) is 0.962. The highest BCUT2D eigenvalue weighted by atomic mass is 19.4. The molecule has 1 aromatic carbocycles. The third-order valence-corrected chi connectivity index (χ3v) is 3.87. The number of rotatable bonds is 2. The SMILES string of the molecule is O=c1[nH]c2ccc(C(F)(F)F)cc2c(=O)n1CC1CCCN1. The molecule has 1 aliphatic heterocycles. The minimum Gasteiger partial charge on any atom is -0.312 e. The molecular weight excluding hydrogens is 299 g/mol. The number of hydrogen-bond acceptors (Lipinski definition) is 3. The third-order valence-electron chi connectivity index (χ3n) is 3.87. The fourth-order valence-electron chi connectivity index (χ4n) is 2.73. The van der Waals surface area contributed by atoms with Crippen LogP contribution in [-0.4, -0.2) is 22.1 Å². The van der Waals surface area contributed by atoms with Gasteiger partial charge in [0.2, 0.25) is 0 Å². The molecule has 1 aromatic heterocycles. The summed E-state index contributed by atoms with van der Waals surface area (Å²) in [5, 5.41) is 3.02. The zero-order valence-electron chi connectivity index (χ0n) is 11.5. The Balaban J connectivity index is 2.13. The van der Waals surface area contributed by atoms with Gasteiger partial charge in [-0.05, 0) is 37.6 Å². The lowest BCUT2D eigenvalue weighted by molar-refractivity contribution is -0.137. The van der Waals surface area contributed by atoms with Crippen molar-refractivity contribution in [1.82, 2.24) is 14.9 Å². The summed E-state index contributed by atoms with van der Waals surface area (Å²) in [4.78, 5) is 26.8. The topological polar surface area (TPSA) is 66.9 Å². The van der Waals surface area contributed by atoms with Crippen LogP contribution in [0.25, 0.3) is 10.9 Å². The summed E-state index contributed by atoms with van der Waals surface area (Å²) in [6, 6.07) is 2.73. The number of hydrogen-bond donors (Lipinski definition) is 2. The number of alkyl halides is 3. The van der Waals surface area contributed by atoms with E-state index in [0.717, 1.165) is 42.2 Å². The lowest BCUT2D eigenvalue weighted by Crippen LogP contribution is -2.40. The van der Waals surface area contributed by atoms with E-state index in [0.29, 0.717) is 0 Å². The quantitative estimate of drug-likeness (QED) is 0.882. The lowest BCUT2D eigenvalue weighted by Gasteiger charge is -2.13. The summed E-state index contributed by atoms with van der Waals surface area (Å²) < 4.78 is 39.3. The smallest absolute Gasteiger partial charge is 0.312 e. The number of H-pyrrole nitrogens is 1. The fraction of sp³-hybridized carbons (Fsp3) is 0.429. The van der Waals surface area contributed by atoms with E-state index in [4.69, 9.17) is 0 Å². The largest absolute Gasteiger partial charge is 0.416 e. The van der Waals surface area contributed by atoms with Crippen LogP contribution in [0, 0.1) is 0 Å². The maximum atomic E-state index is 12.8. The zero-order valence-corrected chi connectivity index (χ0v) is 11.5. The van der Waals surface area contributed by atoms with Crippen LogP contribution in [0.4, 0.5) is 13.2 Å². The molecule has 1 fully saturated rings. The summed E-state index contributed by atoms with van der Waals surface area (Å²) in [6.07, 6.45) is -2.76. The van der Waals surface area contributed by atoms with Gasteiger partial charge in [-0.1, -0.05) is 0 Å². The molecule has 1 unspecified atom stereocenters. The highest BCUT2D eigenvalue weighted by molar-refractivity contribution is 5.78. The Morgan fingerprint density at radius 2 is 2.05 bits per heavy atom. The van der Waals surface area contributed by atoms with Crippen molar-refractivity contribution in [3.63, 3.8) is 0 Å². The summed E-state index contributed by atoms with van der Waals surface area (Å²) in [5.41, 5.74) is -2.10. The van der Waals surface area contributed by atoms with Crippen molar-refractivity contribution < 1.29 is 13.2 Å². The van der Waals surface area contributed by atoms with Crippen LogP contribution in [0.5, 0.6) is 0 Å². The number of aromatic nitrogens is 2. The van der Waals surface area contributed by atoms with Crippen LogP contribution < -0.4 is 16.6 Å². The third kappa shape index (κ3) is 2.66. The summed E-state index contributed by atoms with van der Waals surface area (Å²) in [7, 11) is 0. The number of halogens is 3. The molecule has 0 radical (unpaired) electrons. The van der Waals surface area contributed by atoms with E-state index < -0.39 is 23.0 Å². The first-order valence-corrected chi connectivity index (χ1v) is 6.94. The second-order valence-corrected chi connectivity index (χ2v) is 5.40. The van der Waals surface area contributed by atoms with Crippen LogP contribution in [-0.2, 0) is 12.7 Å². The van der Waals surface area contributed by atoms with E-state index in [-0.39, 0.29) is 23.5 Å². The van der Waals surface area contributed by atoms with Crippen molar-refractivity contribution in [2.45, 2.75) is 31.6 Å². The Kier molecular flexibility index (Phi) is 3.56. The molecular formula is C14H14F3N3O2. The number of aromatic amines is 1. The summed E-state index contributed by atoms with van der Waals surface area (Å²) in [5.74, 6) is 0. The lowest BCUT2D eigenvalue weighted by atomic mass is 10.1. The van der Waals surface area contributed by atoms with Crippen LogP contribution in [0.3, 0.4) is 0 Å². The molecule has 0 aliphatic carbocycles. The zero-order chi connectivity index (χ0) is 15.9. The first-order chi connectivity index (χ1) is 10.4. The van der Waals surface area contributed by atoms with Crippen molar-refractivity contribution in [2.75, 3.05) is 6.54 Å². The second-order valence-electron chi connectivity index (χ2n) is 5.40. The molecule has 2 N–H and O–H groups in total. The molecule has 5 nitrogen and oxygen atoms in total. The Morgan fingerprint density at radius 1 is 1.27 bits per heavy atom. The monoisotopic (exact) mass is 313 g/mol. The Morgan fingerprint density at radius 3 is 2.68 bits per heavy atom. The molecule has 1 atom stereocenters. The average Bonchev–Trinajstić information content (AvgIpc) is 2.95. The molecule has 0 amide bonds. The van der Waals surface area contributed by atoms with Gasteiger partial charge in [0.15, 0.2) is 0 Å². The molecule has 8 heteroatoms. The standard InChI is InChI=1S/C14H14F3N3O2/c15-14(16,17)8-3-4-11-10(6-8)12(21)20(13(22)19-11)7-9-2-1-5-18-9/h3-4,6,9,18H,1-2,5,7H2,(H,19,22). The molecule has 2 heterocycles. The Bertz CT molecular complexity index is 817. The van der Waals surface area contributed by atoms with Crippen molar-refractivity contribution in [1.29, 1.82) is 0 Å². The van der Waals surface area contributed by atoms with Gasteiger partial charge in [0.1, 0.15) is 0 Å². The highest BCUT2D eigenvalue weighted by Gasteiger charge is 2.31. The first kappa shape index (κ1) is 14.8.